The molecule has 2 aliphatic heterocycles. The second-order valence-electron chi connectivity index (χ2n) is 10.1. The third kappa shape index (κ3) is 8.26. The first-order valence-electron chi connectivity index (χ1n) is 14.4. The van der Waals surface area contributed by atoms with E-state index in [0.717, 1.165) is 62.7 Å². The number of carboxylic acids is 1. The summed E-state index contributed by atoms with van der Waals surface area (Å²) in [6, 6.07) is -0.929. The van der Waals surface area contributed by atoms with Crippen LogP contribution in [0, 0.1) is 0 Å². The number of carbonyl (C=O) groups is 3. The Morgan fingerprint density at radius 3 is 2.67 bits per heavy atom. The van der Waals surface area contributed by atoms with Crippen molar-refractivity contribution in [2.24, 2.45) is 5.16 Å². The zero-order valence-electron chi connectivity index (χ0n) is 24.2. The van der Waals surface area contributed by atoms with E-state index in [1.807, 2.05) is 0 Å². The molecule has 0 saturated carbocycles. The van der Waals surface area contributed by atoms with Gasteiger partial charge in [0, 0.05) is 23.4 Å². The number of hydrogen-bond acceptors (Lipinski definition) is 13. The van der Waals surface area contributed by atoms with Gasteiger partial charge in [0.05, 0.1) is 0 Å². The summed E-state index contributed by atoms with van der Waals surface area (Å²) in [7, 11) is 0. The number of fused-ring (bicyclic) bond motifs is 1. The number of nitrogens with two attached hydrogens (primary N) is 1. The van der Waals surface area contributed by atoms with Crippen molar-refractivity contribution in [3.8, 4) is 0 Å². The highest BCUT2D eigenvalue weighted by Crippen LogP contribution is 2.41. The Bertz CT molecular complexity index is 1350. The summed E-state index contributed by atoms with van der Waals surface area (Å²) in [5, 5.41) is 30.6. The third-order valence-corrected chi connectivity index (χ3v) is 9.92. The lowest BCUT2D eigenvalue weighted by Gasteiger charge is -2.49. The molecule has 4 heterocycles. The van der Waals surface area contributed by atoms with E-state index < -0.39 is 29.2 Å². The minimum Gasteiger partial charge on any atom is -0.477 e. The lowest BCUT2D eigenvalue weighted by molar-refractivity contribution is -0.150. The molecule has 2 atom stereocenters. The van der Waals surface area contributed by atoms with E-state index in [2.05, 4.69) is 44.8 Å². The molecule has 0 aliphatic carbocycles. The van der Waals surface area contributed by atoms with Gasteiger partial charge in [-0.05, 0) is 35.3 Å². The number of aliphatic carboxylic acids is 1. The fourth-order valence-corrected chi connectivity index (χ4v) is 7.52. The molecule has 2 aromatic rings. The smallest absolute Gasteiger partial charge is 0.352 e. The largest absolute Gasteiger partial charge is 0.477 e. The number of carbonyl (C=O) groups excluding carboxylic acids is 2. The molecule has 43 heavy (non-hydrogen) atoms. The van der Waals surface area contributed by atoms with E-state index in [4.69, 9.17) is 10.6 Å². The topological polar surface area (TPSA) is 191 Å². The van der Waals surface area contributed by atoms with E-state index in [9.17, 15) is 19.5 Å². The van der Waals surface area contributed by atoms with Gasteiger partial charge in [-0.3, -0.25) is 14.5 Å². The quantitative estimate of drug-likeness (QED) is 0.0703. The Morgan fingerprint density at radius 2 is 1.98 bits per heavy atom. The van der Waals surface area contributed by atoms with E-state index in [0.29, 0.717) is 35.4 Å². The molecule has 1 unspecified atom stereocenters. The number of unbranched alkanes of at least 4 members (excludes halogenated alkanes) is 6. The van der Waals surface area contributed by atoms with Crippen molar-refractivity contribution in [1.29, 1.82) is 0 Å². The first-order valence-corrected chi connectivity index (χ1v) is 17.3. The normalized spacial score (nSPS) is 18.4. The number of aromatic nitrogens is 5. The Kier molecular flexibility index (Phi) is 12.2. The number of nitrogens with zero attached hydrogens (tertiary/aromatic N) is 7. The van der Waals surface area contributed by atoms with Crippen molar-refractivity contribution in [3.63, 3.8) is 0 Å². The van der Waals surface area contributed by atoms with Crippen molar-refractivity contribution < 1.29 is 24.3 Å². The van der Waals surface area contributed by atoms with Gasteiger partial charge in [0.15, 0.2) is 10.8 Å². The third-order valence-electron chi connectivity index (χ3n) is 6.86. The number of aryl methyl sites for hydroxylation is 1. The summed E-state index contributed by atoms with van der Waals surface area (Å²) in [5.74, 6) is -1.67. The Hall–Kier alpha value is -3.18. The fraction of sp³-hybridized carbons (Fsp3) is 0.615. The molecule has 234 valence electrons. The van der Waals surface area contributed by atoms with Crippen molar-refractivity contribution >= 4 is 63.5 Å². The van der Waals surface area contributed by atoms with E-state index in [-0.39, 0.29) is 22.2 Å². The lowest BCUT2D eigenvalue weighted by Crippen LogP contribution is -2.71. The van der Waals surface area contributed by atoms with Gasteiger partial charge < -0.3 is 21.0 Å². The van der Waals surface area contributed by atoms with Gasteiger partial charge in [0.25, 0.3) is 11.8 Å². The lowest BCUT2D eigenvalue weighted by atomic mass is 10.0. The number of hydrogen-bond donors (Lipinski definition) is 3. The predicted octanol–water partition coefficient (Wildman–Crippen LogP) is 3.12. The monoisotopic (exact) mass is 651 g/mol. The van der Waals surface area contributed by atoms with E-state index in [1.54, 1.807) is 10.1 Å². The molecule has 0 bridgehead atoms. The van der Waals surface area contributed by atoms with Crippen LogP contribution in [0.5, 0.6) is 0 Å². The summed E-state index contributed by atoms with van der Waals surface area (Å²) in [4.78, 5) is 49.6. The van der Waals surface area contributed by atoms with Crippen LogP contribution in [0.1, 0.15) is 70.9 Å². The summed E-state index contributed by atoms with van der Waals surface area (Å²) in [5.41, 5.74) is 6.45. The van der Waals surface area contributed by atoms with Crippen LogP contribution >= 0.6 is 34.9 Å². The van der Waals surface area contributed by atoms with Crippen molar-refractivity contribution in [2.45, 2.75) is 88.3 Å². The van der Waals surface area contributed by atoms with Crippen LogP contribution in [-0.4, -0.2) is 88.2 Å². The molecule has 2 aromatic heterocycles. The van der Waals surface area contributed by atoms with Crippen LogP contribution < -0.4 is 11.1 Å². The first-order chi connectivity index (χ1) is 20.8. The Labute approximate surface area is 262 Å². The number of nitrogens with one attached hydrogen (secondary N) is 1. The summed E-state index contributed by atoms with van der Waals surface area (Å²) < 4.78 is 1.73. The van der Waals surface area contributed by atoms with Crippen molar-refractivity contribution in [3.05, 3.63) is 22.3 Å². The molecule has 4 N–H and O–H groups in total. The average molecular weight is 652 g/mol. The van der Waals surface area contributed by atoms with Gasteiger partial charge in [0.2, 0.25) is 5.16 Å². The molecular formula is C26H37N9O5S3. The van der Waals surface area contributed by atoms with E-state index in [1.165, 1.54) is 28.4 Å². The van der Waals surface area contributed by atoms with Gasteiger partial charge >= 0.3 is 5.97 Å². The van der Waals surface area contributed by atoms with Crippen molar-refractivity contribution in [1.82, 2.24) is 35.4 Å². The fourth-order valence-electron chi connectivity index (χ4n) is 4.59. The minimum absolute atomic E-state index is 0.0645. The van der Waals surface area contributed by atoms with Gasteiger partial charge in [0.1, 0.15) is 29.4 Å². The minimum atomic E-state index is -1.20. The SMILES string of the molecule is CCCCCCON=C(C(=O)NC1C(=O)N2C(C(=O)O)=C(CSc3nnnn3CCCCCC)CS[C@H]12)c1csc(N)n1. The number of nitrogen functional groups attached to an aromatic ring is 1. The number of β-lactam (4-membered cyclic amide) rings is 1. The van der Waals surface area contributed by atoms with Gasteiger partial charge in [-0.15, -0.1) is 28.2 Å². The maximum Gasteiger partial charge on any atom is 0.352 e. The Morgan fingerprint density at radius 1 is 1.21 bits per heavy atom. The summed E-state index contributed by atoms with van der Waals surface area (Å²) in [6.07, 6.45) is 8.24. The van der Waals surface area contributed by atoms with Crippen LogP contribution in [0.2, 0.25) is 0 Å². The van der Waals surface area contributed by atoms with Crippen LogP contribution in [0.3, 0.4) is 0 Å². The second-order valence-corrected chi connectivity index (χ2v) is 13.0. The number of carboxylic acid groups (broad SMARTS) is 1. The van der Waals surface area contributed by atoms with Crippen LogP contribution in [0.15, 0.2) is 27.0 Å². The van der Waals surface area contributed by atoms with Crippen molar-refractivity contribution in [2.75, 3.05) is 23.8 Å². The number of tetrazole rings is 1. The zero-order valence-corrected chi connectivity index (χ0v) is 26.7. The average Bonchev–Trinajstić information content (AvgIpc) is 3.64. The number of anilines is 1. The molecule has 2 amide bonds. The Balaban J connectivity index is 1.41. The molecular weight excluding hydrogens is 615 g/mol. The molecule has 0 radical (unpaired) electrons. The van der Waals surface area contributed by atoms with Crippen LogP contribution in [0.4, 0.5) is 5.13 Å². The number of thioether (sulfide) groups is 2. The number of thiazole rings is 1. The number of oxime groups is 1. The highest BCUT2D eigenvalue weighted by Gasteiger charge is 2.54. The molecule has 0 aromatic carbocycles. The van der Waals surface area contributed by atoms with Gasteiger partial charge in [-0.25, -0.2) is 14.5 Å². The van der Waals surface area contributed by atoms with E-state index >= 15 is 0 Å². The van der Waals surface area contributed by atoms with Gasteiger partial charge in [-0.1, -0.05) is 62.9 Å². The molecule has 2 aliphatic rings. The van der Waals surface area contributed by atoms with Gasteiger partial charge in [-0.2, -0.15) is 0 Å². The molecule has 1 fully saturated rings. The highest BCUT2D eigenvalue weighted by molar-refractivity contribution is 8.01. The second kappa shape index (κ2) is 16.0. The molecule has 4 rings (SSSR count). The molecule has 0 spiro atoms. The van der Waals surface area contributed by atoms with Crippen LogP contribution in [-0.2, 0) is 25.8 Å². The maximum atomic E-state index is 13.3. The maximum absolute atomic E-state index is 13.3. The number of amides is 2. The molecule has 17 heteroatoms. The zero-order chi connectivity index (χ0) is 30.8. The molecule has 1 saturated heterocycles. The predicted molar refractivity (Wildman–Crippen MR) is 166 cm³/mol. The number of rotatable bonds is 18. The summed E-state index contributed by atoms with van der Waals surface area (Å²) in [6.45, 7) is 5.28. The molecule has 14 nitrogen and oxygen atoms in total. The van der Waals surface area contributed by atoms with Crippen LogP contribution in [0.25, 0.3) is 0 Å². The standard InChI is InChI=1S/C26H37N9O5S3/c1-3-5-7-9-11-34-26(30-32-33-34)43-14-16-13-41-23-19(22(37)35(23)20(16)24(38)39)29-21(36)18(17-15-42-25(27)28-17)31-40-12-10-8-6-4-2/h15,19,23H,3-14H2,1-2H3,(H2,27,28)(H,29,36)(H,38,39)/t19?,23-/m1/s1. The first kappa shape index (κ1) is 32.7. The highest BCUT2D eigenvalue weighted by atomic mass is 32.2. The summed E-state index contributed by atoms with van der Waals surface area (Å²) >= 11 is 3.89.